The smallest absolute Gasteiger partial charge is 0.156 e. The molecule has 2 nitrogen and oxygen atoms in total. The van der Waals surface area contributed by atoms with Gasteiger partial charge in [0.1, 0.15) is 6.07 Å². The molecule has 0 amide bonds. The van der Waals surface area contributed by atoms with Gasteiger partial charge in [0.25, 0.3) is 0 Å². The number of aromatic nitrogens is 1. The van der Waals surface area contributed by atoms with Crippen molar-refractivity contribution >= 4 is 11.6 Å². The van der Waals surface area contributed by atoms with E-state index in [-0.39, 0.29) is 0 Å². The normalized spacial score (nSPS) is 10.8. The summed E-state index contributed by atoms with van der Waals surface area (Å²) in [5.41, 5.74) is 1.45. The maximum Gasteiger partial charge on any atom is 0.156 e. The zero-order valence-corrected chi connectivity index (χ0v) is 16.0. The summed E-state index contributed by atoms with van der Waals surface area (Å²) >= 11 is 5.89. The van der Waals surface area contributed by atoms with E-state index in [1.54, 1.807) is 6.07 Å². The Hall–Kier alpha value is -1.51. The Morgan fingerprint density at radius 1 is 1.04 bits per heavy atom. The summed E-state index contributed by atoms with van der Waals surface area (Å²) < 4.78 is 0. The molecule has 0 aliphatic carbocycles. The van der Waals surface area contributed by atoms with Gasteiger partial charge in [0.2, 0.25) is 0 Å². The van der Waals surface area contributed by atoms with Crippen LogP contribution in [0.4, 0.5) is 0 Å². The molecule has 0 aromatic carbocycles. The van der Waals surface area contributed by atoms with E-state index in [1.165, 1.54) is 51.1 Å². The molecule has 0 aliphatic rings. The lowest BCUT2D eigenvalue weighted by molar-refractivity contribution is 0.356. The van der Waals surface area contributed by atoms with E-state index in [9.17, 15) is 0 Å². The second kappa shape index (κ2) is 11.1. The molecule has 1 aromatic heterocycles. The van der Waals surface area contributed by atoms with Crippen molar-refractivity contribution in [1.82, 2.24) is 4.98 Å². The van der Waals surface area contributed by atoms with Crippen LogP contribution in [-0.4, -0.2) is 4.98 Å². The van der Waals surface area contributed by atoms with Crippen molar-refractivity contribution in [3.05, 3.63) is 28.5 Å². The summed E-state index contributed by atoms with van der Waals surface area (Å²) in [5, 5.41) is 9.51. The number of pyridine rings is 1. The fraction of sp³-hybridized carbons (Fsp3) is 0.619. The minimum absolute atomic E-state index is 0.349. The molecule has 1 heterocycles. The standard InChI is InChI=1S/C21H29ClN2/c1-21(2,3)14-12-10-8-6-4-5-7-9-11-13-18-15-19(22)17-24-20(18)16-23/h15,17H,4-10,12,14H2,1-3H3. The molecule has 0 spiro atoms. The van der Waals surface area contributed by atoms with Crippen LogP contribution in [0, 0.1) is 28.6 Å². The minimum Gasteiger partial charge on any atom is -0.243 e. The second-order valence-electron chi connectivity index (χ2n) is 7.50. The molecule has 1 aromatic rings. The van der Waals surface area contributed by atoms with Crippen LogP contribution in [0.25, 0.3) is 0 Å². The Kier molecular flexibility index (Phi) is 9.51. The first-order chi connectivity index (χ1) is 11.4. The summed E-state index contributed by atoms with van der Waals surface area (Å²) in [5.74, 6) is 6.15. The zero-order chi connectivity index (χ0) is 17.8. The van der Waals surface area contributed by atoms with Gasteiger partial charge in [-0.25, -0.2) is 4.98 Å². The highest BCUT2D eigenvalue weighted by molar-refractivity contribution is 6.30. The van der Waals surface area contributed by atoms with Gasteiger partial charge in [-0.05, 0) is 24.3 Å². The van der Waals surface area contributed by atoms with Crippen molar-refractivity contribution in [3.8, 4) is 17.9 Å². The molecule has 0 fully saturated rings. The van der Waals surface area contributed by atoms with Crippen LogP contribution >= 0.6 is 11.6 Å². The first-order valence-electron chi connectivity index (χ1n) is 8.97. The molecule has 0 saturated carbocycles. The van der Waals surface area contributed by atoms with Crippen molar-refractivity contribution in [2.24, 2.45) is 5.41 Å². The van der Waals surface area contributed by atoms with E-state index in [1.807, 2.05) is 6.07 Å². The van der Waals surface area contributed by atoms with Gasteiger partial charge in [-0.3, -0.25) is 0 Å². The van der Waals surface area contributed by atoms with Crippen LogP contribution in [0.1, 0.15) is 89.8 Å². The maximum atomic E-state index is 8.99. The lowest BCUT2D eigenvalue weighted by Crippen LogP contribution is -2.03. The van der Waals surface area contributed by atoms with Crippen LogP contribution in [0.3, 0.4) is 0 Å². The van der Waals surface area contributed by atoms with Crippen LogP contribution in [0.5, 0.6) is 0 Å². The lowest BCUT2D eigenvalue weighted by Gasteiger charge is -2.17. The fourth-order valence-corrected chi connectivity index (χ4v) is 2.69. The third-order valence-electron chi connectivity index (χ3n) is 3.91. The monoisotopic (exact) mass is 344 g/mol. The lowest BCUT2D eigenvalue weighted by atomic mass is 9.89. The molecule has 0 saturated heterocycles. The van der Waals surface area contributed by atoms with E-state index in [0.29, 0.717) is 21.7 Å². The first-order valence-corrected chi connectivity index (χ1v) is 9.35. The highest BCUT2D eigenvalue weighted by atomic mass is 35.5. The summed E-state index contributed by atoms with van der Waals surface area (Å²) in [7, 11) is 0. The van der Waals surface area contributed by atoms with Gasteiger partial charge in [-0.15, -0.1) is 0 Å². The minimum atomic E-state index is 0.349. The number of hydrogen-bond acceptors (Lipinski definition) is 2. The van der Waals surface area contributed by atoms with Gasteiger partial charge in [-0.2, -0.15) is 5.26 Å². The Balaban J connectivity index is 2.12. The molecule has 24 heavy (non-hydrogen) atoms. The third kappa shape index (κ3) is 9.59. The van der Waals surface area contributed by atoms with Crippen molar-refractivity contribution < 1.29 is 0 Å². The quantitative estimate of drug-likeness (QED) is 0.398. The summed E-state index contributed by atoms with van der Waals surface area (Å²) in [6.07, 6.45) is 12.7. The summed E-state index contributed by atoms with van der Waals surface area (Å²) in [6, 6.07) is 3.75. The summed E-state index contributed by atoms with van der Waals surface area (Å²) in [4.78, 5) is 3.98. The van der Waals surface area contributed by atoms with Gasteiger partial charge in [0.15, 0.2) is 5.69 Å². The van der Waals surface area contributed by atoms with Crippen LogP contribution in [0.15, 0.2) is 12.3 Å². The van der Waals surface area contributed by atoms with Crippen molar-refractivity contribution in [2.45, 2.75) is 78.6 Å². The zero-order valence-electron chi connectivity index (χ0n) is 15.3. The number of halogens is 1. The topological polar surface area (TPSA) is 36.7 Å². The van der Waals surface area contributed by atoms with E-state index < -0.39 is 0 Å². The molecule has 0 N–H and O–H groups in total. The Morgan fingerprint density at radius 3 is 2.29 bits per heavy atom. The molecule has 0 aliphatic heterocycles. The number of unbranched alkanes of at least 4 members (excludes halogenated alkanes) is 7. The SMILES string of the molecule is CC(C)(C)CCCCCCCCCC#Cc1cc(Cl)cnc1C#N. The molecule has 130 valence electrons. The largest absolute Gasteiger partial charge is 0.243 e. The van der Waals surface area contributed by atoms with Gasteiger partial charge in [0, 0.05) is 12.6 Å². The van der Waals surface area contributed by atoms with Crippen LogP contribution in [-0.2, 0) is 0 Å². The molecular weight excluding hydrogens is 316 g/mol. The molecule has 1 rings (SSSR count). The number of nitriles is 1. The molecule has 3 heteroatoms. The van der Waals surface area contributed by atoms with Crippen molar-refractivity contribution in [3.63, 3.8) is 0 Å². The Labute approximate surface area is 152 Å². The third-order valence-corrected chi connectivity index (χ3v) is 4.12. The van der Waals surface area contributed by atoms with E-state index in [4.69, 9.17) is 16.9 Å². The first kappa shape index (κ1) is 20.5. The Bertz CT molecular complexity index is 597. The van der Waals surface area contributed by atoms with Crippen molar-refractivity contribution in [2.75, 3.05) is 0 Å². The van der Waals surface area contributed by atoms with Crippen molar-refractivity contribution in [1.29, 1.82) is 5.26 Å². The number of nitrogens with zero attached hydrogens (tertiary/aromatic N) is 2. The molecule has 0 atom stereocenters. The average Bonchev–Trinajstić information content (AvgIpc) is 2.51. The van der Waals surface area contributed by atoms with E-state index in [0.717, 1.165) is 12.8 Å². The van der Waals surface area contributed by atoms with Gasteiger partial charge < -0.3 is 0 Å². The van der Waals surface area contributed by atoms with Crippen LogP contribution in [0.2, 0.25) is 5.02 Å². The number of rotatable bonds is 8. The molecular formula is C21H29ClN2. The molecule has 0 unspecified atom stereocenters. The second-order valence-corrected chi connectivity index (χ2v) is 7.94. The Morgan fingerprint density at radius 2 is 1.67 bits per heavy atom. The van der Waals surface area contributed by atoms with Gasteiger partial charge in [-0.1, -0.05) is 82.7 Å². The highest BCUT2D eigenvalue weighted by Crippen LogP contribution is 2.22. The highest BCUT2D eigenvalue weighted by Gasteiger charge is 2.08. The molecule has 0 radical (unpaired) electrons. The van der Waals surface area contributed by atoms with Gasteiger partial charge in [0.05, 0.1) is 10.6 Å². The van der Waals surface area contributed by atoms with E-state index in [2.05, 4.69) is 37.6 Å². The average molecular weight is 345 g/mol. The molecule has 0 bridgehead atoms. The van der Waals surface area contributed by atoms with Crippen LogP contribution < -0.4 is 0 Å². The van der Waals surface area contributed by atoms with Gasteiger partial charge >= 0.3 is 0 Å². The predicted octanol–water partition coefficient (Wildman–Crippen LogP) is 6.52. The number of hydrogen-bond donors (Lipinski definition) is 0. The fourth-order valence-electron chi connectivity index (χ4n) is 2.53. The van der Waals surface area contributed by atoms with E-state index >= 15 is 0 Å². The predicted molar refractivity (Wildman–Crippen MR) is 102 cm³/mol. The summed E-state index contributed by atoms with van der Waals surface area (Å²) in [6.45, 7) is 6.94. The maximum absolute atomic E-state index is 8.99.